The maximum absolute atomic E-state index is 8.87. The molecule has 0 radical (unpaired) electrons. The van der Waals surface area contributed by atoms with Gasteiger partial charge in [0.05, 0.1) is 19.3 Å². The van der Waals surface area contributed by atoms with Crippen molar-refractivity contribution in [1.82, 2.24) is 0 Å². The van der Waals surface area contributed by atoms with Crippen molar-refractivity contribution >= 4 is 0 Å². The summed E-state index contributed by atoms with van der Waals surface area (Å²) in [7, 11) is 0. The highest BCUT2D eigenvalue weighted by Gasteiger charge is 2.35. The van der Waals surface area contributed by atoms with E-state index < -0.39 is 0 Å². The molecule has 4 nitrogen and oxygen atoms in total. The summed E-state index contributed by atoms with van der Waals surface area (Å²) in [4.78, 5) is 0. The van der Waals surface area contributed by atoms with Crippen molar-refractivity contribution in [2.75, 3.05) is 26.4 Å². The van der Waals surface area contributed by atoms with Crippen LogP contribution in [0.1, 0.15) is 0 Å². The molecule has 1 aliphatic heterocycles. The fourth-order valence-electron chi connectivity index (χ4n) is 1.44. The quantitative estimate of drug-likeness (QED) is 0.477. The molecule has 1 aliphatic rings. The number of aliphatic hydroxyl groups excluding tert-OH is 3. The monoisotopic (exact) mass is 162 g/mol. The van der Waals surface area contributed by atoms with E-state index in [0.29, 0.717) is 6.61 Å². The van der Waals surface area contributed by atoms with Gasteiger partial charge in [-0.1, -0.05) is 0 Å². The average molecular weight is 162 g/mol. The lowest BCUT2D eigenvalue weighted by Crippen LogP contribution is -2.28. The summed E-state index contributed by atoms with van der Waals surface area (Å²) in [6.45, 7) is 0.340. The molecule has 3 atom stereocenters. The summed E-state index contributed by atoms with van der Waals surface area (Å²) >= 11 is 0. The Bertz CT molecular complexity index is 105. The molecular formula is C7H14O4. The average Bonchev–Trinajstić information content (AvgIpc) is 2.45. The van der Waals surface area contributed by atoms with Crippen LogP contribution in [0.15, 0.2) is 0 Å². The van der Waals surface area contributed by atoms with E-state index in [9.17, 15) is 0 Å². The zero-order valence-electron chi connectivity index (χ0n) is 6.31. The third kappa shape index (κ3) is 1.70. The second kappa shape index (κ2) is 4.01. The lowest BCUT2D eigenvalue weighted by molar-refractivity contribution is 0.0266. The van der Waals surface area contributed by atoms with Crippen molar-refractivity contribution in [2.24, 2.45) is 11.8 Å². The van der Waals surface area contributed by atoms with Gasteiger partial charge in [-0.3, -0.25) is 0 Å². The van der Waals surface area contributed by atoms with Crippen LogP contribution in [0.5, 0.6) is 0 Å². The van der Waals surface area contributed by atoms with Gasteiger partial charge in [0.25, 0.3) is 0 Å². The molecule has 0 spiro atoms. The number of hydrogen-bond acceptors (Lipinski definition) is 4. The molecule has 0 bridgehead atoms. The van der Waals surface area contributed by atoms with Crippen LogP contribution in [-0.4, -0.2) is 47.9 Å². The van der Waals surface area contributed by atoms with E-state index in [4.69, 9.17) is 20.1 Å². The van der Waals surface area contributed by atoms with Crippen LogP contribution in [-0.2, 0) is 4.74 Å². The van der Waals surface area contributed by atoms with Crippen molar-refractivity contribution in [2.45, 2.75) is 6.10 Å². The van der Waals surface area contributed by atoms with Gasteiger partial charge < -0.3 is 20.1 Å². The highest BCUT2D eigenvalue weighted by atomic mass is 16.5. The fraction of sp³-hybridized carbons (Fsp3) is 1.00. The van der Waals surface area contributed by atoms with E-state index in [0.717, 1.165) is 0 Å². The van der Waals surface area contributed by atoms with Gasteiger partial charge in [-0.15, -0.1) is 0 Å². The van der Waals surface area contributed by atoms with Crippen molar-refractivity contribution in [3.8, 4) is 0 Å². The Morgan fingerprint density at radius 3 is 2.27 bits per heavy atom. The Balaban J connectivity index is 2.48. The Kier molecular flexibility index (Phi) is 3.26. The maximum atomic E-state index is 8.87. The minimum Gasteiger partial charge on any atom is -0.396 e. The van der Waals surface area contributed by atoms with E-state index in [1.807, 2.05) is 0 Å². The number of aliphatic hydroxyl groups is 3. The fourth-order valence-corrected chi connectivity index (χ4v) is 1.44. The van der Waals surface area contributed by atoms with Gasteiger partial charge in [-0.25, -0.2) is 0 Å². The minimum atomic E-state index is -0.294. The lowest BCUT2D eigenvalue weighted by atomic mass is 9.93. The predicted octanol–water partition coefficient (Wildman–Crippen LogP) is -1.41. The van der Waals surface area contributed by atoms with E-state index >= 15 is 0 Å². The molecule has 0 saturated carbocycles. The molecule has 66 valence electrons. The van der Waals surface area contributed by atoms with E-state index in [-0.39, 0.29) is 37.8 Å². The van der Waals surface area contributed by atoms with Crippen molar-refractivity contribution < 1.29 is 20.1 Å². The molecule has 11 heavy (non-hydrogen) atoms. The summed E-state index contributed by atoms with van der Waals surface area (Å²) in [5, 5.41) is 26.4. The van der Waals surface area contributed by atoms with Crippen LogP contribution in [0, 0.1) is 11.8 Å². The first-order valence-electron chi connectivity index (χ1n) is 3.77. The van der Waals surface area contributed by atoms with E-state index in [2.05, 4.69) is 0 Å². The minimum absolute atomic E-state index is 0.0156. The first kappa shape index (κ1) is 8.93. The SMILES string of the molecule is OCC1OC[C@H](CO)[C@@H]1CO. The first-order valence-corrected chi connectivity index (χ1v) is 3.77. The maximum Gasteiger partial charge on any atom is 0.0860 e. The molecule has 0 aromatic rings. The van der Waals surface area contributed by atoms with Gasteiger partial charge in [0, 0.05) is 25.0 Å². The molecule has 4 heteroatoms. The Morgan fingerprint density at radius 1 is 1.09 bits per heavy atom. The lowest BCUT2D eigenvalue weighted by Gasteiger charge is -2.16. The molecule has 1 rings (SSSR count). The van der Waals surface area contributed by atoms with Gasteiger partial charge in [0.2, 0.25) is 0 Å². The first-order chi connectivity index (χ1) is 5.33. The van der Waals surface area contributed by atoms with Crippen LogP contribution in [0.2, 0.25) is 0 Å². The standard InChI is InChI=1S/C7H14O4/c8-1-5-4-11-7(3-10)6(5)2-9/h5-10H,1-4H2/t5-,6-,7?/m0/s1. The van der Waals surface area contributed by atoms with Gasteiger partial charge in [-0.2, -0.15) is 0 Å². The van der Waals surface area contributed by atoms with Crippen molar-refractivity contribution in [1.29, 1.82) is 0 Å². The molecule has 0 amide bonds. The van der Waals surface area contributed by atoms with Crippen LogP contribution in [0.3, 0.4) is 0 Å². The van der Waals surface area contributed by atoms with Gasteiger partial charge in [-0.05, 0) is 0 Å². The molecule has 0 aromatic carbocycles. The molecule has 0 aromatic heterocycles. The molecule has 1 heterocycles. The predicted molar refractivity (Wildman–Crippen MR) is 38.0 cm³/mol. The molecular weight excluding hydrogens is 148 g/mol. The third-order valence-electron chi connectivity index (χ3n) is 2.23. The number of ether oxygens (including phenoxy) is 1. The number of hydrogen-bond donors (Lipinski definition) is 3. The summed E-state index contributed by atoms with van der Waals surface area (Å²) in [5.74, 6) is -0.123. The Morgan fingerprint density at radius 2 is 1.82 bits per heavy atom. The van der Waals surface area contributed by atoms with Crippen LogP contribution in [0.25, 0.3) is 0 Å². The highest BCUT2D eigenvalue weighted by molar-refractivity contribution is 4.82. The molecule has 1 saturated heterocycles. The van der Waals surface area contributed by atoms with E-state index in [1.54, 1.807) is 0 Å². The second-order valence-electron chi connectivity index (χ2n) is 2.84. The summed E-state index contributed by atoms with van der Waals surface area (Å²) in [6, 6.07) is 0. The second-order valence-corrected chi connectivity index (χ2v) is 2.84. The van der Waals surface area contributed by atoms with Crippen molar-refractivity contribution in [3.05, 3.63) is 0 Å². The molecule has 0 aliphatic carbocycles. The van der Waals surface area contributed by atoms with E-state index in [1.165, 1.54) is 0 Å². The van der Waals surface area contributed by atoms with Crippen LogP contribution in [0.4, 0.5) is 0 Å². The van der Waals surface area contributed by atoms with Gasteiger partial charge in [0.1, 0.15) is 0 Å². The zero-order valence-corrected chi connectivity index (χ0v) is 6.31. The summed E-state index contributed by atoms with van der Waals surface area (Å²) in [6.07, 6.45) is -0.294. The smallest absolute Gasteiger partial charge is 0.0860 e. The third-order valence-corrected chi connectivity index (χ3v) is 2.23. The largest absolute Gasteiger partial charge is 0.396 e. The summed E-state index contributed by atoms with van der Waals surface area (Å²) < 4.78 is 5.14. The van der Waals surface area contributed by atoms with Gasteiger partial charge in [0.15, 0.2) is 0 Å². The summed E-state index contributed by atoms with van der Waals surface area (Å²) in [5.41, 5.74) is 0. The Hall–Kier alpha value is -0.160. The molecule has 3 N–H and O–H groups in total. The van der Waals surface area contributed by atoms with Crippen molar-refractivity contribution in [3.63, 3.8) is 0 Å². The molecule has 1 fully saturated rings. The molecule has 1 unspecified atom stereocenters. The zero-order chi connectivity index (χ0) is 8.27. The van der Waals surface area contributed by atoms with Crippen LogP contribution >= 0.6 is 0 Å². The van der Waals surface area contributed by atoms with Gasteiger partial charge >= 0.3 is 0 Å². The topological polar surface area (TPSA) is 69.9 Å². The normalized spacial score (nSPS) is 37.9. The Labute approximate surface area is 65.4 Å². The highest BCUT2D eigenvalue weighted by Crippen LogP contribution is 2.25. The van der Waals surface area contributed by atoms with Crippen LogP contribution < -0.4 is 0 Å². The number of rotatable bonds is 3.